The second-order valence-electron chi connectivity index (χ2n) is 4.92. The number of nitrogens with two attached hydrogens (primary N) is 1. The first-order valence-corrected chi connectivity index (χ1v) is 6.76. The van der Waals surface area contributed by atoms with E-state index in [-0.39, 0.29) is 17.8 Å². The molecule has 6 nitrogen and oxygen atoms in total. The van der Waals surface area contributed by atoms with Crippen LogP contribution in [0.5, 0.6) is 0 Å². The lowest BCUT2D eigenvalue weighted by atomic mass is 9.80. The molecule has 0 saturated carbocycles. The number of amides is 1. The Bertz CT molecular complexity index is 490. The number of hydrogen-bond acceptors (Lipinski definition) is 4. The van der Waals surface area contributed by atoms with E-state index in [2.05, 4.69) is 10.5 Å². The average Bonchev–Trinajstić information content (AvgIpc) is 2.87. The highest BCUT2D eigenvalue weighted by Gasteiger charge is 2.40. The quantitative estimate of drug-likeness (QED) is 0.322. The lowest BCUT2D eigenvalue weighted by molar-refractivity contribution is -0.128. The average molecular weight is 281 g/mol. The summed E-state index contributed by atoms with van der Waals surface area (Å²) in [4.78, 5) is 12.5. The number of nitrogens with zero attached hydrogens (tertiary/aromatic N) is 1. The van der Waals surface area contributed by atoms with E-state index in [1.807, 2.05) is 39.8 Å². The number of hydrogen-bond donors (Lipinski definition) is 3. The molecule has 0 spiro atoms. The summed E-state index contributed by atoms with van der Waals surface area (Å²) >= 11 is 0. The molecule has 0 saturated heterocycles. The van der Waals surface area contributed by atoms with Gasteiger partial charge in [0.15, 0.2) is 5.84 Å². The third-order valence-corrected chi connectivity index (χ3v) is 3.78. The summed E-state index contributed by atoms with van der Waals surface area (Å²) in [5.41, 5.74) is 4.71. The fourth-order valence-corrected chi connectivity index (χ4v) is 2.24. The van der Waals surface area contributed by atoms with E-state index in [9.17, 15) is 4.79 Å². The Morgan fingerprint density at radius 1 is 1.50 bits per heavy atom. The van der Waals surface area contributed by atoms with Gasteiger partial charge in [-0.25, -0.2) is 0 Å². The zero-order chi connectivity index (χ0) is 15.3. The highest BCUT2D eigenvalue weighted by molar-refractivity contribution is 6.06. The van der Waals surface area contributed by atoms with Crippen LogP contribution in [-0.4, -0.2) is 17.0 Å². The number of nitrogens with one attached hydrogen (secondary N) is 1. The van der Waals surface area contributed by atoms with E-state index < -0.39 is 5.41 Å². The van der Waals surface area contributed by atoms with Gasteiger partial charge in [-0.3, -0.25) is 4.79 Å². The Kier molecular flexibility index (Phi) is 5.19. The molecule has 112 valence electrons. The molecular formula is C14H23N3O3. The van der Waals surface area contributed by atoms with Crippen molar-refractivity contribution < 1.29 is 14.4 Å². The first kappa shape index (κ1) is 16.1. The smallest absolute Gasteiger partial charge is 0.234 e. The van der Waals surface area contributed by atoms with Crippen LogP contribution in [0.3, 0.4) is 0 Å². The maximum atomic E-state index is 12.5. The third-order valence-electron chi connectivity index (χ3n) is 3.78. The molecule has 4 N–H and O–H groups in total. The van der Waals surface area contributed by atoms with Gasteiger partial charge in [0.05, 0.1) is 6.04 Å². The Morgan fingerprint density at radius 3 is 2.50 bits per heavy atom. The minimum absolute atomic E-state index is 0.0668. The van der Waals surface area contributed by atoms with Crippen molar-refractivity contribution >= 4 is 11.7 Å². The van der Waals surface area contributed by atoms with Crippen LogP contribution in [0.4, 0.5) is 0 Å². The van der Waals surface area contributed by atoms with Crippen molar-refractivity contribution in [2.45, 2.75) is 46.6 Å². The van der Waals surface area contributed by atoms with Gasteiger partial charge < -0.3 is 20.7 Å². The van der Waals surface area contributed by atoms with Gasteiger partial charge in [-0.1, -0.05) is 19.0 Å². The van der Waals surface area contributed by atoms with Crippen molar-refractivity contribution in [3.05, 3.63) is 23.7 Å². The normalized spacial score (nSPS) is 14.1. The third kappa shape index (κ3) is 2.95. The van der Waals surface area contributed by atoms with Crippen molar-refractivity contribution in [2.75, 3.05) is 0 Å². The molecule has 0 aliphatic rings. The van der Waals surface area contributed by atoms with Crippen molar-refractivity contribution in [1.82, 2.24) is 5.32 Å². The highest BCUT2D eigenvalue weighted by Crippen LogP contribution is 2.28. The molecule has 1 aromatic heterocycles. The van der Waals surface area contributed by atoms with Gasteiger partial charge in [0.1, 0.15) is 16.9 Å². The van der Waals surface area contributed by atoms with Gasteiger partial charge in [0, 0.05) is 0 Å². The van der Waals surface area contributed by atoms with Gasteiger partial charge in [0.2, 0.25) is 5.91 Å². The lowest BCUT2D eigenvalue weighted by Gasteiger charge is -2.29. The minimum Gasteiger partial charge on any atom is -0.464 e. The predicted molar refractivity (Wildman–Crippen MR) is 76.4 cm³/mol. The van der Waals surface area contributed by atoms with Gasteiger partial charge in [-0.05, 0) is 38.8 Å². The molecule has 1 unspecified atom stereocenters. The van der Waals surface area contributed by atoms with Gasteiger partial charge in [-0.2, -0.15) is 0 Å². The molecular weight excluding hydrogens is 258 g/mol. The molecule has 1 rings (SSSR count). The topological polar surface area (TPSA) is 101 Å². The van der Waals surface area contributed by atoms with E-state index in [4.69, 9.17) is 15.4 Å². The summed E-state index contributed by atoms with van der Waals surface area (Å²) in [6, 6.07) is 3.39. The van der Waals surface area contributed by atoms with Crippen LogP contribution >= 0.6 is 0 Å². The Labute approximate surface area is 119 Å². The number of rotatable bonds is 6. The van der Waals surface area contributed by atoms with E-state index in [1.165, 1.54) is 0 Å². The molecule has 1 atom stereocenters. The first-order valence-electron chi connectivity index (χ1n) is 6.76. The van der Waals surface area contributed by atoms with Crippen LogP contribution in [0.15, 0.2) is 21.7 Å². The van der Waals surface area contributed by atoms with Gasteiger partial charge in [-0.15, -0.1) is 0 Å². The molecule has 0 radical (unpaired) electrons. The van der Waals surface area contributed by atoms with Crippen LogP contribution in [-0.2, 0) is 4.79 Å². The van der Waals surface area contributed by atoms with E-state index >= 15 is 0 Å². The zero-order valence-electron chi connectivity index (χ0n) is 12.4. The highest BCUT2D eigenvalue weighted by atomic mass is 16.4. The molecule has 0 aliphatic carbocycles. The molecule has 0 bridgehead atoms. The van der Waals surface area contributed by atoms with Crippen molar-refractivity contribution in [3.8, 4) is 0 Å². The van der Waals surface area contributed by atoms with Crippen LogP contribution in [0.25, 0.3) is 0 Å². The van der Waals surface area contributed by atoms with Gasteiger partial charge in [0.25, 0.3) is 0 Å². The van der Waals surface area contributed by atoms with E-state index in [1.54, 1.807) is 0 Å². The maximum Gasteiger partial charge on any atom is 0.234 e. The molecule has 0 aliphatic heterocycles. The van der Waals surface area contributed by atoms with Crippen molar-refractivity contribution in [1.29, 1.82) is 0 Å². The SMILES string of the molecule is CCC(CC)(C(=O)NC(C)c1ccc(C)o1)C(N)=NO. The Hall–Kier alpha value is -1.98. The summed E-state index contributed by atoms with van der Waals surface area (Å²) in [6.07, 6.45) is 0.907. The van der Waals surface area contributed by atoms with Crippen LogP contribution in [0.1, 0.15) is 51.2 Å². The van der Waals surface area contributed by atoms with Crippen LogP contribution in [0.2, 0.25) is 0 Å². The summed E-state index contributed by atoms with van der Waals surface area (Å²) in [5.74, 6) is 1.13. The van der Waals surface area contributed by atoms with E-state index in [0.717, 1.165) is 5.76 Å². The monoisotopic (exact) mass is 281 g/mol. The van der Waals surface area contributed by atoms with Crippen molar-refractivity contribution in [3.63, 3.8) is 0 Å². The zero-order valence-corrected chi connectivity index (χ0v) is 12.4. The fraction of sp³-hybridized carbons (Fsp3) is 0.571. The summed E-state index contributed by atoms with van der Waals surface area (Å²) in [6.45, 7) is 7.35. The minimum atomic E-state index is -0.995. The Balaban J connectivity index is 2.92. The molecule has 1 aromatic rings. The number of carbonyl (C=O) groups is 1. The number of aryl methyl sites for hydroxylation is 1. The summed E-state index contributed by atoms with van der Waals surface area (Å²) < 4.78 is 5.49. The molecule has 0 aromatic carbocycles. The number of carbonyl (C=O) groups excluding carboxylic acids is 1. The summed E-state index contributed by atoms with van der Waals surface area (Å²) in [7, 11) is 0. The van der Waals surface area contributed by atoms with Crippen LogP contribution < -0.4 is 11.1 Å². The second-order valence-corrected chi connectivity index (χ2v) is 4.92. The molecule has 20 heavy (non-hydrogen) atoms. The van der Waals surface area contributed by atoms with Crippen LogP contribution in [0, 0.1) is 12.3 Å². The molecule has 6 heteroatoms. The number of amidine groups is 1. The molecule has 0 fully saturated rings. The number of furan rings is 1. The standard InChI is InChI=1S/C14H23N3O3/c1-5-14(6-2,12(15)17-19)13(18)16-10(4)11-8-7-9(3)20-11/h7-8,10,19H,5-6H2,1-4H3,(H2,15,17)(H,16,18). The summed E-state index contributed by atoms with van der Waals surface area (Å²) in [5, 5.41) is 14.8. The molecule has 1 amide bonds. The van der Waals surface area contributed by atoms with Gasteiger partial charge >= 0.3 is 0 Å². The number of oxime groups is 1. The second kappa shape index (κ2) is 6.45. The first-order chi connectivity index (χ1) is 9.41. The lowest BCUT2D eigenvalue weighted by Crippen LogP contribution is -2.49. The predicted octanol–water partition coefficient (Wildman–Crippen LogP) is 2.32. The fourth-order valence-electron chi connectivity index (χ4n) is 2.24. The van der Waals surface area contributed by atoms with Crippen molar-refractivity contribution in [2.24, 2.45) is 16.3 Å². The van der Waals surface area contributed by atoms with E-state index in [0.29, 0.717) is 18.6 Å². The molecule has 1 heterocycles. The Morgan fingerprint density at radius 2 is 2.10 bits per heavy atom. The maximum absolute atomic E-state index is 12.5. The largest absolute Gasteiger partial charge is 0.464 e.